The number of benzene rings is 1. The molecule has 3 heteroatoms. The number of likely N-dealkylation sites (tertiary alicyclic amines) is 1. The largest absolute Gasteiger partial charge is 0.497 e. The molecule has 1 amide bonds. The van der Waals surface area contributed by atoms with E-state index >= 15 is 0 Å². The molecule has 1 aliphatic carbocycles. The molecule has 1 saturated carbocycles. The Morgan fingerprint density at radius 1 is 1.36 bits per heavy atom. The van der Waals surface area contributed by atoms with Crippen molar-refractivity contribution in [3.63, 3.8) is 0 Å². The number of methoxy groups -OCH3 is 1. The second kappa shape index (κ2) is 6.15. The molecule has 3 rings (SSSR count). The molecule has 2 fully saturated rings. The van der Waals surface area contributed by atoms with E-state index in [1.54, 1.807) is 7.11 Å². The van der Waals surface area contributed by atoms with E-state index in [1.807, 2.05) is 17.9 Å². The molecular weight excluding hydrogens is 274 g/mol. The molecule has 0 spiro atoms. The van der Waals surface area contributed by atoms with Gasteiger partial charge >= 0.3 is 0 Å². The molecule has 1 aromatic rings. The maximum atomic E-state index is 12.1. The minimum Gasteiger partial charge on any atom is -0.497 e. The van der Waals surface area contributed by atoms with Gasteiger partial charge in [0.15, 0.2) is 0 Å². The summed E-state index contributed by atoms with van der Waals surface area (Å²) in [4.78, 5) is 14.1. The number of ether oxygens (including phenoxy) is 1. The van der Waals surface area contributed by atoms with Crippen molar-refractivity contribution in [2.75, 3.05) is 20.2 Å². The Hall–Kier alpha value is -1.77. The van der Waals surface area contributed by atoms with Crippen molar-refractivity contribution in [1.29, 1.82) is 0 Å². The summed E-state index contributed by atoms with van der Waals surface area (Å²) in [6, 6.07) is 8.37. The second-order valence-electron chi connectivity index (χ2n) is 6.81. The van der Waals surface area contributed by atoms with Gasteiger partial charge in [0.05, 0.1) is 7.11 Å². The number of fused-ring (bicyclic) bond motifs is 1. The Bertz CT molecular complexity index is 581. The van der Waals surface area contributed by atoms with Gasteiger partial charge in [-0.1, -0.05) is 18.7 Å². The van der Waals surface area contributed by atoms with Crippen molar-refractivity contribution in [1.82, 2.24) is 4.90 Å². The maximum Gasteiger partial charge on any atom is 0.248 e. The Morgan fingerprint density at radius 3 is 2.91 bits per heavy atom. The highest BCUT2D eigenvalue weighted by atomic mass is 16.5. The van der Waals surface area contributed by atoms with Crippen molar-refractivity contribution in [2.24, 2.45) is 17.8 Å². The van der Waals surface area contributed by atoms with Gasteiger partial charge in [0, 0.05) is 18.7 Å². The van der Waals surface area contributed by atoms with Crippen LogP contribution in [0.15, 0.2) is 36.4 Å². The summed E-state index contributed by atoms with van der Waals surface area (Å²) in [6.45, 7) is 7.43. The van der Waals surface area contributed by atoms with Gasteiger partial charge in [-0.25, -0.2) is 0 Å². The summed E-state index contributed by atoms with van der Waals surface area (Å²) < 4.78 is 5.32. The van der Waals surface area contributed by atoms with E-state index in [0.717, 1.165) is 25.3 Å². The Balaban J connectivity index is 1.66. The number of rotatable bonds is 4. The summed E-state index contributed by atoms with van der Waals surface area (Å²) in [5, 5.41) is 0. The van der Waals surface area contributed by atoms with E-state index < -0.39 is 0 Å². The van der Waals surface area contributed by atoms with Crippen LogP contribution in [0.1, 0.15) is 25.3 Å². The molecule has 0 unspecified atom stereocenters. The number of carbonyl (C=O) groups is 1. The molecule has 0 radical (unpaired) electrons. The van der Waals surface area contributed by atoms with Gasteiger partial charge < -0.3 is 9.64 Å². The van der Waals surface area contributed by atoms with Crippen LogP contribution in [0.2, 0.25) is 0 Å². The molecule has 1 saturated heterocycles. The van der Waals surface area contributed by atoms with Gasteiger partial charge in [0.1, 0.15) is 5.75 Å². The van der Waals surface area contributed by atoms with Crippen molar-refractivity contribution in [3.8, 4) is 5.75 Å². The molecule has 1 heterocycles. The van der Waals surface area contributed by atoms with Crippen LogP contribution in [0, 0.1) is 17.8 Å². The van der Waals surface area contributed by atoms with Crippen molar-refractivity contribution in [2.45, 2.75) is 26.2 Å². The lowest BCUT2D eigenvalue weighted by atomic mass is 9.87. The summed E-state index contributed by atoms with van der Waals surface area (Å²) in [6.07, 6.45) is 3.62. The zero-order chi connectivity index (χ0) is 15.7. The third-order valence-corrected chi connectivity index (χ3v) is 5.29. The molecule has 0 N–H and O–H groups in total. The first kappa shape index (κ1) is 15.1. The number of carbonyl (C=O) groups excluding carboxylic acids is 1. The average molecular weight is 299 g/mol. The van der Waals surface area contributed by atoms with E-state index in [4.69, 9.17) is 4.74 Å². The molecule has 1 aliphatic heterocycles. The van der Waals surface area contributed by atoms with Crippen molar-refractivity contribution in [3.05, 3.63) is 42.0 Å². The van der Waals surface area contributed by atoms with Crippen LogP contribution in [0.25, 0.3) is 0 Å². The van der Waals surface area contributed by atoms with Gasteiger partial charge in [-0.15, -0.1) is 0 Å². The summed E-state index contributed by atoms with van der Waals surface area (Å²) >= 11 is 0. The minimum absolute atomic E-state index is 0.134. The molecule has 22 heavy (non-hydrogen) atoms. The number of nitrogens with zero attached hydrogens (tertiary/aromatic N) is 1. The second-order valence-corrected chi connectivity index (χ2v) is 6.81. The Labute approximate surface area is 133 Å². The van der Waals surface area contributed by atoms with E-state index in [0.29, 0.717) is 23.3 Å². The first-order valence-corrected chi connectivity index (χ1v) is 8.16. The molecule has 3 nitrogen and oxygen atoms in total. The smallest absolute Gasteiger partial charge is 0.248 e. The fourth-order valence-electron chi connectivity index (χ4n) is 4.17. The Kier molecular flexibility index (Phi) is 4.23. The SMILES string of the molecule is C=C(C)C(=O)N1C[C@@H]2CC[C@@H](Cc3cccc(OC)c3)[C@@H]2C1. The molecule has 3 atom stereocenters. The summed E-state index contributed by atoms with van der Waals surface area (Å²) in [5.41, 5.74) is 2.00. The predicted octanol–water partition coefficient (Wildman–Crippen LogP) is 3.30. The van der Waals surface area contributed by atoms with E-state index in [1.165, 1.54) is 18.4 Å². The number of hydrogen-bond acceptors (Lipinski definition) is 2. The number of amides is 1. The van der Waals surface area contributed by atoms with E-state index in [-0.39, 0.29) is 5.91 Å². The van der Waals surface area contributed by atoms with Crippen LogP contribution in [-0.2, 0) is 11.2 Å². The zero-order valence-electron chi connectivity index (χ0n) is 13.5. The molecule has 0 bridgehead atoms. The van der Waals surface area contributed by atoms with Gasteiger partial charge in [-0.3, -0.25) is 4.79 Å². The van der Waals surface area contributed by atoms with Gasteiger partial charge in [0.25, 0.3) is 0 Å². The van der Waals surface area contributed by atoms with Crippen LogP contribution >= 0.6 is 0 Å². The average Bonchev–Trinajstić information content (AvgIpc) is 3.08. The molecule has 0 aromatic heterocycles. The highest BCUT2D eigenvalue weighted by Crippen LogP contribution is 2.44. The topological polar surface area (TPSA) is 29.5 Å². The van der Waals surface area contributed by atoms with Crippen LogP contribution in [0.3, 0.4) is 0 Å². The molecule has 118 valence electrons. The molecule has 1 aromatic carbocycles. The van der Waals surface area contributed by atoms with Gasteiger partial charge in [-0.2, -0.15) is 0 Å². The third-order valence-electron chi connectivity index (χ3n) is 5.29. The Morgan fingerprint density at radius 2 is 2.18 bits per heavy atom. The quantitative estimate of drug-likeness (QED) is 0.798. The highest BCUT2D eigenvalue weighted by Gasteiger charge is 2.43. The minimum atomic E-state index is 0.134. The van der Waals surface area contributed by atoms with E-state index in [9.17, 15) is 4.79 Å². The van der Waals surface area contributed by atoms with Crippen molar-refractivity contribution < 1.29 is 9.53 Å². The van der Waals surface area contributed by atoms with E-state index in [2.05, 4.69) is 24.8 Å². The van der Waals surface area contributed by atoms with Crippen LogP contribution in [0.5, 0.6) is 5.75 Å². The van der Waals surface area contributed by atoms with Gasteiger partial charge in [-0.05, 0) is 61.6 Å². The molecule has 2 aliphatic rings. The van der Waals surface area contributed by atoms with Crippen molar-refractivity contribution >= 4 is 5.91 Å². The highest BCUT2D eigenvalue weighted by molar-refractivity contribution is 5.92. The van der Waals surface area contributed by atoms with Crippen LogP contribution < -0.4 is 4.74 Å². The predicted molar refractivity (Wildman–Crippen MR) is 87.8 cm³/mol. The fourth-order valence-corrected chi connectivity index (χ4v) is 4.17. The standard InChI is InChI=1S/C19H25NO2/c1-13(2)19(21)20-11-16-8-7-15(18(16)12-20)9-14-5-4-6-17(10-14)22-3/h4-6,10,15-16,18H,1,7-9,11-12H2,2-3H3/t15-,16-,18-/m0/s1. The fraction of sp³-hybridized carbons (Fsp3) is 0.526. The third kappa shape index (κ3) is 2.90. The normalized spacial score (nSPS) is 26.8. The lowest BCUT2D eigenvalue weighted by Crippen LogP contribution is -2.30. The maximum absolute atomic E-state index is 12.1. The van der Waals surface area contributed by atoms with Crippen LogP contribution in [-0.4, -0.2) is 31.0 Å². The van der Waals surface area contributed by atoms with Gasteiger partial charge in [0.2, 0.25) is 5.91 Å². The lowest BCUT2D eigenvalue weighted by molar-refractivity contribution is -0.126. The zero-order valence-corrected chi connectivity index (χ0v) is 13.5. The first-order valence-electron chi connectivity index (χ1n) is 8.16. The monoisotopic (exact) mass is 299 g/mol. The summed E-state index contributed by atoms with van der Waals surface area (Å²) in [5.74, 6) is 3.07. The lowest BCUT2D eigenvalue weighted by Gasteiger charge is -2.21. The van der Waals surface area contributed by atoms with Crippen LogP contribution in [0.4, 0.5) is 0 Å². The first-order chi connectivity index (χ1) is 10.6. The molecular formula is C19H25NO2. The summed E-state index contributed by atoms with van der Waals surface area (Å²) in [7, 11) is 1.71. The number of hydrogen-bond donors (Lipinski definition) is 0.